The minimum absolute atomic E-state index is 0. The number of carbonyl (C=O) groups excluding carboxylic acids is 2. The minimum atomic E-state index is -3.22. The molecule has 0 spiro atoms. The van der Waals surface area contributed by atoms with Crippen LogP contribution < -0.4 is 33.2 Å². The summed E-state index contributed by atoms with van der Waals surface area (Å²) in [6, 6.07) is 35.3. The molecule has 459 valence electrons. The number of carbonyl (C=O) groups is 2. The van der Waals surface area contributed by atoms with Crippen molar-refractivity contribution in [3.05, 3.63) is 200 Å². The highest BCUT2D eigenvalue weighted by molar-refractivity contribution is 7.88. The van der Waals surface area contributed by atoms with Gasteiger partial charge in [-0.25, -0.2) is 44.4 Å². The Morgan fingerprint density at radius 2 is 1.03 bits per heavy atom. The number of benzene rings is 4. The molecule has 26 heteroatoms. The van der Waals surface area contributed by atoms with Gasteiger partial charge in [-0.1, -0.05) is 84.1 Å². The molecule has 8 heterocycles. The van der Waals surface area contributed by atoms with Crippen molar-refractivity contribution in [2.45, 2.75) is 51.6 Å². The highest BCUT2D eigenvalue weighted by atomic mass is 35.5. The fourth-order valence-electron chi connectivity index (χ4n) is 10.9. The van der Waals surface area contributed by atoms with Gasteiger partial charge in [0.05, 0.1) is 40.4 Å². The van der Waals surface area contributed by atoms with Gasteiger partial charge in [-0.15, -0.1) is 22.5 Å². The van der Waals surface area contributed by atoms with E-state index in [1.54, 1.807) is 72.0 Å². The molecule has 2 aliphatic heterocycles. The molecule has 0 aliphatic carbocycles. The van der Waals surface area contributed by atoms with Gasteiger partial charge in [0.25, 0.3) is 22.9 Å². The van der Waals surface area contributed by atoms with Crippen molar-refractivity contribution in [1.82, 2.24) is 57.6 Å². The standard InChI is InChI=1S/C32H31N7O4S.C24H19ClN6O2.C8H13NO2S.B/c1-21(35-31(40)28-29(33)36-38-17-7-16-34-30(28)38)26-20-24-9-6-8-23(13-12-22-14-18-37(19-15-22)44(2,42)43)27(24)32(41)39(26)25-10-4-3-5-11-25;1-14(28-23(32)20-21(26)29-30-12-6-11-27-22(20)30)18-13-15-7-5-10-17(25)19(15)24(33)31(18)16-8-3-2-4-9-16;1-3-8-4-6-9(7-5-8)12(2,10)11;/h3-11,16-17,20-22H,14-15,18-19H2,1-2H3,(H2,33,36)(H,35,40);2-14H,1H3,(H2,26,29)(H,28,32);1,8H,4-7H2,2H3;/t21-;14-;;/m00../s1. The number of hydrogen-bond acceptors (Lipinski definition) is 14. The minimum Gasteiger partial charge on any atom is -0.381 e. The van der Waals surface area contributed by atoms with Crippen molar-refractivity contribution in [2.24, 2.45) is 11.8 Å². The maximum Gasteiger partial charge on any atom is 0.264 e. The fraction of sp³-hybridized carbons (Fsp3) is 0.250. The Morgan fingerprint density at radius 1 is 0.611 bits per heavy atom. The number of rotatable bonds is 10. The summed E-state index contributed by atoms with van der Waals surface area (Å²) in [5.41, 5.74) is 15.6. The number of nitrogen functional groups attached to an aromatic ring is 2. The summed E-state index contributed by atoms with van der Waals surface area (Å²) < 4.78 is 54.9. The Bertz CT molecular complexity index is 4820. The summed E-state index contributed by atoms with van der Waals surface area (Å²) >= 11 is 6.37. The van der Waals surface area contributed by atoms with Crippen LogP contribution in [0.5, 0.6) is 0 Å². The molecule has 2 fully saturated rings. The van der Waals surface area contributed by atoms with Gasteiger partial charge in [0, 0.05) is 99.5 Å². The van der Waals surface area contributed by atoms with Crippen molar-refractivity contribution in [3.8, 4) is 35.6 Å². The Kier molecular flexibility index (Phi) is 19.7. The number of aromatic nitrogens is 8. The second kappa shape index (κ2) is 27.4. The number of anilines is 2. The van der Waals surface area contributed by atoms with E-state index in [1.807, 2.05) is 97.1 Å². The molecule has 90 heavy (non-hydrogen) atoms. The summed E-state index contributed by atoms with van der Waals surface area (Å²) in [7, 11) is -6.22. The Balaban J connectivity index is 0.000000183. The third-order valence-electron chi connectivity index (χ3n) is 15.5. The summed E-state index contributed by atoms with van der Waals surface area (Å²) in [6.07, 6.45) is 17.0. The Morgan fingerprint density at radius 3 is 1.48 bits per heavy atom. The monoisotopic (exact) mass is 1270 g/mol. The molecule has 10 aromatic rings. The number of pyridine rings is 2. The van der Waals surface area contributed by atoms with E-state index in [4.69, 9.17) is 29.5 Å². The van der Waals surface area contributed by atoms with Crippen LogP contribution in [0.2, 0.25) is 5.02 Å². The Labute approximate surface area is 526 Å². The first-order valence-corrected chi connectivity index (χ1v) is 32.5. The van der Waals surface area contributed by atoms with E-state index in [1.165, 1.54) is 30.2 Å². The molecule has 2 atom stereocenters. The van der Waals surface area contributed by atoms with Gasteiger partial charge in [0.15, 0.2) is 22.9 Å². The molecule has 12 rings (SSSR count). The second-order valence-corrected chi connectivity index (χ2v) is 25.9. The molecule has 3 radical (unpaired) electrons. The van der Waals surface area contributed by atoms with Crippen molar-refractivity contribution < 1.29 is 26.4 Å². The van der Waals surface area contributed by atoms with Crippen LogP contribution in [0.25, 0.3) is 44.2 Å². The van der Waals surface area contributed by atoms with Crippen LogP contribution in [-0.4, -0.2) is 123 Å². The summed E-state index contributed by atoms with van der Waals surface area (Å²) in [6.45, 7) is 5.62. The van der Waals surface area contributed by atoms with Crippen molar-refractivity contribution in [1.29, 1.82) is 0 Å². The second-order valence-electron chi connectivity index (χ2n) is 21.6. The van der Waals surface area contributed by atoms with Crippen molar-refractivity contribution in [2.75, 3.05) is 50.2 Å². The van der Waals surface area contributed by atoms with Gasteiger partial charge in [0.1, 0.15) is 11.1 Å². The van der Waals surface area contributed by atoms with E-state index in [0.717, 1.165) is 12.8 Å². The van der Waals surface area contributed by atoms with Crippen molar-refractivity contribution >= 4 is 96.3 Å². The number of hydrogen-bond donors (Lipinski definition) is 4. The molecule has 2 aliphatic rings. The maximum atomic E-state index is 14.3. The first kappa shape index (κ1) is 64.8. The molecular weight excluding hydrogens is 1200 g/mol. The lowest BCUT2D eigenvalue weighted by Gasteiger charge is -2.27. The quantitative estimate of drug-likeness (QED) is 0.0809. The number of amides is 2. The number of fused-ring (bicyclic) bond motifs is 4. The van der Waals surface area contributed by atoms with Gasteiger partial charge in [0.2, 0.25) is 20.0 Å². The van der Waals surface area contributed by atoms with Crippen LogP contribution >= 0.6 is 11.6 Å². The SMILES string of the molecule is C#CC1CCN(S(C)(=O)=O)CC1.C[C@H](NC(=O)c1c(N)nn2cccnc12)c1cc2cccc(C#CC3CCN(S(C)(=O)=O)CC3)c2c(=O)n1-c1ccccc1.C[C@H](NC(=O)c1c(N)nn2cccnc12)c1cc2cccc(Cl)c2c(=O)n1-c1ccccc1.[B]. The van der Waals surface area contributed by atoms with Gasteiger partial charge in [-0.3, -0.25) is 28.3 Å². The number of terminal acetylenes is 1. The molecule has 2 saturated heterocycles. The highest BCUT2D eigenvalue weighted by Gasteiger charge is 2.28. The largest absolute Gasteiger partial charge is 0.381 e. The van der Waals surface area contributed by atoms with Crippen molar-refractivity contribution in [3.63, 3.8) is 0 Å². The zero-order valence-electron chi connectivity index (χ0n) is 49.6. The number of piperidine rings is 2. The zero-order valence-corrected chi connectivity index (χ0v) is 52.0. The smallest absolute Gasteiger partial charge is 0.264 e. The predicted molar refractivity (Wildman–Crippen MR) is 350 cm³/mol. The van der Waals surface area contributed by atoms with Crippen LogP contribution in [0, 0.1) is 36.0 Å². The molecule has 6 aromatic heterocycles. The average Bonchev–Trinajstić information content (AvgIpc) is 1.06. The number of para-hydroxylation sites is 2. The van der Waals surface area contributed by atoms with E-state index in [9.17, 15) is 36.0 Å². The summed E-state index contributed by atoms with van der Waals surface area (Å²) in [4.78, 5) is 63.0. The lowest BCUT2D eigenvalue weighted by molar-refractivity contribution is 0.0932. The van der Waals surface area contributed by atoms with E-state index < -0.39 is 43.9 Å². The first-order chi connectivity index (χ1) is 42.6. The highest BCUT2D eigenvalue weighted by Crippen LogP contribution is 2.29. The third-order valence-corrected chi connectivity index (χ3v) is 18.4. The number of sulfonamides is 2. The number of nitrogens with two attached hydrogens (primary N) is 2. The third kappa shape index (κ3) is 14.0. The van der Waals surface area contributed by atoms with E-state index in [0.29, 0.717) is 105 Å². The lowest BCUT2D eigenvalue weighted by atomic mass is 9.97. The zero-order chi connectivity index (χ0) is 63.3. The van der Waals surface area contributed by atoms with Crippen LogP contribution in [0.4, 0.5) is 11.6 Å². The number of nitrogens with one attached hydrogen (secondary N) is 2. The Hall–Kier alpha value is -9.63. The number of nitrogens with zero attached hydrogens (tertiary/aromatic N) is 10. The maximum absolute atomic E-state index is 14.3. The summed E-state index contributed by atoms with van der Waals surface area (Å²) in [5.74, 6) is 8.68. The molecule has 6 N–H and O–H groups in total. The molecule has 0 saturated carbocycles. The van der Waals surface area contributed by atoms with E-state index >= 15 is 0 Å². The molecule has 2 amide bonds. The topological polar surface area (TPSA) is 289 Å². The predicted octanol–water partition coefficient (Wildman–Crippen LogP) is 6.80. The molecule has 0 unspecified atom stereocenters. The van der Waals surface area contributed by atoms with Gasteiger partial charge in [-0.2, -0.15) is 0 Å². The molecule has 0 bridgehead atoms. The average molecular weight is 1270 g/mol. The van der Waals surface area contributed by atoms with Gasteiger partial charge in [-0.05, 0) is 111 Å². The molecular formula is C64H63BClN14O8S2. The van der Waals surface area contributed by atoms with Crippen LogP contribution in [0.15, 0.2) is 156 Å². The van der Waals surface area contributed by atoms with Crippen LogP contribution in [-0.2, 0) is 20.0 Å². The normalized spacial score (nSPS) is 14.8. The lowest BCUT2D eigenvalue weighted by Crippen LogP contribution is -2.37. The van der Waals surface area contributed by atoms with Gasteiger partial charge < -0.3 is 22.1 Å². The molecule has 22 nitrogen and oxygen atoms in total. The molecule has 4 aromatic carbocycles. The van der Waals surface area contributed by atoms with E-state index in [-0.39, 0.29) is 54.1 Å². The van der Waals surface area contributed by atoms with Crippen LogP contribution in [0.3, 0.4) is 0 Å². The fourth-order valence-corrected chi connectivity index (χ4v) is 13.0. The van der Waals surface area contributed by atoms with Gasteiger partial charge >= 0.3 is 0 Å². The summed E-state index contributed by atoms with van der Waals surface area (Å²) in [5, 5.41) is 16.9. The van der Waals surface area contributed by atoms with Crippen LogP contribution in [0.1, 0.15) is 89.3 Å². The first-order valence-electron chi connectivity index (χ1n) is 28.4. The van der Waals surface area contributed by atoms with E-state index in [2.05, 4.69) is 48.6 Å². The number of halogens is 1.